The third-order valence-corrected chi connectivity index (χ3v) is 3.18. The van der Waals surface area contributed by atoms with Crippen LogP contribution in [0, 0.1) is 41.7 Å². The second-order valence-corrected chi connectivity index (χ2v) is 5.44. The summed E-state index contributed by atoms with van der Waals surface area (Å²) in [6.07, 6.45) is -9.99. The molecule has 3 nitrogen and oxygen atoms in total. The third kappa shape index (κ3) is 8.81. The van der Waals surface area contributed by atoms with Gasteiger partial charge in [-0.1, -0.05) is 30.3 Å². The molecule has 0 aromatic heterocycles. The van der Waals surface area contributed by atoms with Crippen LogP contribution >= 0.6 is 0 Å². The second kappa shape index (κ2) is 10.7. The van der Waals surface area contributed by atoms with Gasteiger partial charge in [0.2, 0.25) is 0 Å². The Balaban J connectivity index is 0.000000572. The molecule has 2 rings (SSSR count). The first kappa shape index (κ1) is 26.2. The van der Waals surface area contributed by atoms with E-state index in [0.717, 1.165) is 0 Å². The first-order valence-corrected chi connectivity index (χ1v) is 7.20. The van der Waals surface area contributed by atoms with E-state index in [0.29, 0.717) is 0 Å². The fourth-order valence-corrected chi connectivity index (χ4v) is 1.85. The van der Waals surface area contributed by atoms with Gasteiger partial charge in [-0.2, -0.15) is 26.3 Å². The third-order valence-electron chi connectivity index (χ3n) is 3.18. The number of halogens is 6. The maximum Gasteiger partial charge on any atom is 3.00 e. The number of hydrogen-bond acceptors (Lipinski definition) is 3. The predicted molar refractivity (Wildman–Crippen MR) is 87.0 cm³/mol. The molecule has 0 bridgehead atoms. The second-order valence-electron chi connectivity index (χ2n) is 5.44. The van der Waals surface area contributed by atoms with Gasteiger partial charge in [-0.25, -0.2) is 0 Å². The summed E-state index contributed by atoms with van der Waals surface area (Å²) < 4.78 is 73.6. The van der Waals surface area contributed by atoms with Crippen LogP contribution in [0.3, 0.4) is 0 Å². The molecule has 0 heterocycles. The minimum atomic E-state index is -5.00. The van der Waals surface area contributed by atoms with E-state index in [2.05, 4.69) is 17.0 Å². The molecule has 0 saturated heterocycles. The van der Waals surface area contributed by atoms with E-state index in [4.69, 9.17) is 10.0 Å². The van der Waals surface area contributed by atoms with E-state index in [1.807, 2.05) is 32.3 Å². The van der Waals surface area contributed by atoms with Gasteiger partial charge >= 0.3 is 61.2 Å². The molecule has 11 heteroatoms. The Kier molecular flexibility index (Phi) is 10.3. The molecule has 0 saturated carbocycles. The Bertz CT molecular complexity index is 676. The summed E-state index contributed by atoms with van der Waals surface area (Å²) in [4.78, 5) is 2.08. The van der Waals surface area contributed by atoms with Crippen molar-refractivity contribution in [1.29, 1.82) is 0 Å². The van der Waals surface area contributed by atoms with E-state index in [1.165, 1.54) is 5.69 Å². The molecule has 0 aliphatic heterocycles. The molecule has 2 aromatic rings. The van der Waals surface area contributed by atoms with Crippen molar-refractivity contribution in [3.63, 3.8) is 0 Å². The maximum absolute atomic E-state index is 12.3. The summed E-state index contributed by atoms with van der Waals surface area (Å²) in [5.41, 5.74) is -2.80. The molecule has 0 atom stereocenters. The Hall–Kier alpha value is -0.818. The molecule has 0 fully saturated rings. The fraction of sp³-hybridized carbons (Fsp3) is 0.250. The Labute approximate surface area is 186 Å². The minimum Gasteiger partial charge on any atom is -0.423 e. The van der Waals surface area contributed by atoms with Gasteiger partial charge in [-0.3, -0.25) is 0 Å². The monoisotopic (exact) mass is 519 g/mol. The van der Waals surface area contributed by atoms with Crippen LogP contribution in [-0.4, -0.2) is 31.3 Å². The van der Waals surface area contributed by atoms with Crippen molar-refractivity contribution in [2.75, 3.05) is 19.0 Å². The normalized spacial score (nSPS) is 11.0. The molecule has 0 unspecified atom stereocenters. The van der Waals surface area contributed by atoms with Gasteiger partial charge in [0.15, 0.2) is 0 Å². The van der Waals surface area contributed by atoms with Crippen LogP contribution < -0.4 is 10.4 Å². The standard InChI is InChI=1S/C8H5BF6O2.C8H11N.Ce/c10-7(11,12)4-1-5(8(13,14)15)3-6(2-4)9(16)17;1-9(2)8-6-4-3-5-7-8;/h1-3,16-17H;3-7H,1-2H3;/q;;+3. The summed E-state index contributed by atoms with van der Waals surface area (Å²) >= 11 is 0. The quantitative estimate of drug-likeness (QED) is 0.474. The minimum absolute atomic E-state index is 0. The predicted octanol–water partition coefficient (Wildman–Crippen LogP) is 3.16. The molecule has 143 valence electrons. The summed E-state index contributed by atoms with van der Waals surface area (Å²) in [5, 5.41) is 17.2. The maximum atomic E-state index is 12.3. The molecule has 1 radical (unpaired) electrons. The number of anilines is 1. The molecule has 0 spiro atoms. The average Bonchev–Trinajstić information content (AvgIpc) is 2.54. The molecule has 0 aliphatic rings. The smallest absolute Gasteiger partial charge is 0.423 e. The van der Waals surface area contributed by atoms with Gasteiger partial charge in [0, 0.05) is 19.8 Å². The largest absolute Gasteiger partial charge is 3.00 e. The molecule has 2 N–H and O–H groups in total. The van der Waals surface area contributed by atoms with Crippen molar-refractivity contribution in [2.45, 2.75) is 12.4 Å². The summed E-state index contributed by atoms with van der Waals surface area (Å²) in [6.45, 7) is 0. The van der Waals surface area contributed by atoms with Crippen molar-refractivity contribution in [1.82, 2.24) is 0 Å². The zero-order valence-electron chi connectivity index (χ0n) is 14.3. The van der Waals surface area contributed by atoms with Crippen molar-refractivity contribution >= 4 is 18.3 Å². The fourth-order valence-electron chi connectivity index (χ4n) is 1.85. The van der Waals surface area contributed by atoms with E-state index in [9.17, 15) is 26.3 Å². The van der Waals surface area contributed by atoms with E-state index in [1.54, 1.807) is 0 Å². The number of rotatable bonds is 2. The van der Waals surface area contributed by atoms with Crippen molar-refractivity contribution in [3.05, 3.63) is 59.7 Å². The number of hydrogen-bond donors (Lipinski definition) is 2. The molecule has 2 aromatic carbocycles. The number of nitrogens with zero attached hydrogens (tertiary/aromatic N) is 1. The van der Waals surface area contributed by atoms with Crippen molar-refractivity contribution in [3.8, 4) is 0 Å². The van der Waals surface area contributed by atoms with Gasteiger partial charge in [-0.15, -0.1) is 0 Å². The summed E-state index contributed by atoms with van der Waals surface area (Å²) in [7, 11) is 1.67. The number of alkyl halides is 6. The molecule has 0 aliphatic carbocycles. The van der Waals surface area contributed by atoms with Crippen molar-refractivity contribution in [2.24, 2.45) is 0 Å². The zero-order valence-corrected chi connectivity index (χ0v) is 17.4. The van der Waals surface area contributed by atoms with Crippen LogP contribution in [0.25, 0.3) is 0 Å². The van der Waals surface area contributed by atoms with Crippen LogP contribution in [-0.2, 0) is 12.4 Å². The van der Waals surface area contributed by atoms with E-state index >= 15 is 0 Å². The van der Waals surface area contributed by atoms with E-state index in [-0.39, 0.29) is 59.9 Å². The zero-order chi connectivity index (χ0) is 20.1. The van der Waals surface area contributed by atoms with Gasteiger partial charge in [-0.05, 0) is 23.7 Å². The van der Waals surface area contributed by atoms with Crippen molar-refractivity contribution < 1.29 is 78.1 Å². The molecule has 27 heavy (non-hydrogen) atoms. The van der Waals surface area contributed by atoms with E-state index < -0.39 is 36.1 Å². The Morgan fingerprint density at radius 1 is 0.778 bits per heavy atom. The van der Waals surface area contributed by atoms with Crippen LogP contribution in [0.15, 0.2) is 48.5 Å². The van der Waals surface area contributed by atoms with Gasteiger partial charge in [0.1, 0.15) is 0 Å². The van der Waals surface area contributed by atoms with Gasteiger partial charge < -0.3 is 14.9 Å². The molecular weight excluding hydrogens is 503 g/mol. The van der Waals surface area contributed by atoms with Crippen LogP contribution in [0.1, 0.15) is 11.1 Å². The van der Waals surface area contributed by atoms with Gasteiger partial charge in [0.25, 0.3) is 0 Å². The Morgan fingerprint density at radius 2 is 1.19 bits per heavy atom. The number of para-hydroxylation sites is 1. The first-order valence-electron chi connectivity index (χ1n) is 7.20. The molecular formula is C16H16BCeF6NO2+3. The summed E-state index contributed by atoms with van der Waals surface area (Å²) in [5.74, 6) is 0. The SMILES string of the molecule is CN(C)c1ccccc1.OB(O)c1cc(C(F)(F)F)cc(C(F)(F)F)c1.[Ce+3]. The topological polar surface area (TPSA) is 43.7 Å². The van der Waals surface area contributed by atoms with Crippen LogP contribution in [0.2, 0.25) is 0 Å². The van der Waals surface area contributed by atoms with Crippen LogP contribution in [0.4, 0.5) is 32.0 Å². The van der Waals surface area contributed by atoms with Gasteiger partial charge in [0.05, 0.1) is 11.1 Å². The first-order chi connectivity index (χ1) is 11.8. The Morgan fingerprint density at radius 3 is 1.44 bits per heavy atom. The summed E-state index contributed by atoms with van der Waals surface area (Å²) in [6, 6.07) is 10.7. The number of benzene rings is 2. The molecule has 0 amide bonds. The average molecular weight is 519 g/mol. The van der Waals surface area contributed by atoms with Crippen LogP contribution in [0.5, 0.6) is 0 Å².